The van der Waals surface area contributed by atoms with Crippen molar-refractivity contribution in [3.63, 3.8) is 0 Å². The first-order valence-electron chi connectivity index (χ1n) is 8.84. The molecule has 7 heteroatoms. The summed E-state index contributed by atoms with van der Waals surface area (Å²) in [6.45, 7) is 3.56. The lowest BCUT2D eigenvalue weighted by Crippen LogP contribution is -2.37. The van der Waals surface area contributed by atoms with Crippen molar-refractivity contribution in [2.24, 2.45) is 0 Å². The average molecular weight is 369 g/mol. The van der Waals surface area contributed by atoms with E-state index in [1.54, 1.807) is 36.3 Å². The molecule has 0 radical (unpaired) electrons. The molecule has 142 valence electrons. The molecule has 1 heterocycles. The molecule has 0 atom stereocenters. The molecule has 1 fully saturated rings. The van der Waals surface area contributed by atoms with E-state index in [-0.39, 0.29) is 18.5 Å². The van der Waals surface area contributed by atoms with E-state index in [1.165, 1.54) is 4.90 Å². The average Bonchev–Trinajstić information content (AvgIpc) is 3.04. The fourth-order valence-corrected chi connectivity index (χ4v) is 2.91. The maximum absolute atomic E-state index is 12.6. The van der Waals surface area contributed by atoms with Gasteiger partial charge >= 0.3 is 6.03 Å². The topological polar surface area (TPSA) is 71.1 Å². The van der Waals surface area contributed by atoms with Gasteiger partial charge in [0.1, 0.15) is 18.0 Å². The number of rotatable bonds is 7. The second-order valence-electron chi connectivity index (χ2n) is 6.06. The van der Waals surface area contributed by atoms with Gasteiger partial charge in [0.25, 0.3) is 0 Å². The molecule has 0 aliphatic carbocycles. The number of methoxy groups -OCH3 is 1. The van der Waals surface area contributed by atoms with E-state index in [0.717, 1.165) is 17.2 Å². The Hall–Kier alpha value is -3.22. The van der Waals surface area contributed by atoms with E-state index in [1.807, 2.05) is 31.2 Å². The Morgan fingerprint density at radius 1 is 1.04 bits per heavy atom. The van der Waals surface area contributed by atoms with Gasteiger partial charge in [-0.2, -0.15) is 0 Å². The lowest BCUT2D eigenvalue weighted by atomic mass is 10.3. The van der Waals surface area contributed by atoms with Crippen molar-refractivity contribution >= 4 is 23.3 Å². The summed E-state index contributed by atoms with van der Waals surface area (Å²) < 4.78 is 10.5. The van der Waals surface area contributed by atoms with E-state index < -0.39 is 0 Å². The number of nitrogens with one attached hydrogen (secondary N) is 1. The summed E-state index contributed by atoms with van der Waals surface area (Å²) in [5, 5.41) is 2.80. The second kappa shape index (κ2) is 8.44. The van der Waals surface area contributed by atoms with E-state index in [4.69, 9.17) is 9.47 Å². The molecule has 7 nitrogen and oxygen atoms in total. The third-order valence-corrected chi connectivity index (χ3v) is 4.26. The molecule has 1 N–H and O–H groups in total. The van der Waals surface area contributed by atoms with Crippen LogP contribution in [0.3, 0.4) is 0 Å². The number of anilines is 2. The van der Waals surface area contributed by atoms with Crippen molar-refractivity contribution in [3.8, 4) is 11.5 Å². The first-order chi connectivity index (χ1) is 13.1. The molecule has 2 aromatic rings. The predicted octanol–water partition coefficient (Wildman–Crippen LogP) is 2.97. The number of benzene rings is 2. The number of amides is 3. The van der Waals surface area contributed by atoms with Gasteiger partial charge < -0.3 is 19.7 Å². The summed E-state index contributed by atoms with van der Waals surface area (Å²) in [5.41, 5.74) is 1.46. The first kappa shape index (κ1) is 18.6. The van der Waals surface area contributed by atoms with Crippen molar-refractivity contribution in [1.82, 2.24) is 4.90 Å². The third kappa shape index (κ3) is 4.49. The minimum absolute atomic E-state index is 0.0126. The molecular formula is C20H23N3O4. The quantitative estimate of drug-likeness (QED) is 0.815. The van der Waals surface area contributed by atoms with Crippen LogP contribution in [0.15, 0.2) is 48.5 Å². The van der Waals surface area contributed by atoms with Gasteiger partial charge in [-0.15, -0.1) is 0 Å². The number of hydrogen-bond acceptors (Lipinski definition) is 4. The van der Waals surface area contributed by atoms with Crippen molar-refractivity contribution in [3.05, 3.63) is 48.5 Å². The van der Waals surface area contributed by atoms with Crippen molar-refractivity contribution in [2.45, 2.75) is 6.92 Å². The van der Waals surface area contributed by atoms with Gasteiger partial charge in [-0.05, 0) is 55.5 Å². The summed E-state index contributed by atoms with van der Waals surface area (Å²) in [7, 11) is 1.60. The molecule has 3 amide bonds. The summed E-state index contributed by atoms with van der Waals surface area (Å²) in [6, 6.07) is 14.3. The summed E-state index contributed by atoms with van der Waals surface area (Å²) in [6.07, 6.45) is 0. The van der Waals surface area contributed by atoms with E-state index >= 15 is 0 Å². The van der Waals surface area contributed by atoms with Gasteiger partial charge in [0.05, 0.1) is 13.7 Å². The maximum atomic E-state index is 12.6. The fraction of sp³-hybridized carbons (Fsp3) is 0.300. The van der Waals surface area contributed by atoms with Crippen LogP contribution in [0.2, 0.25) is 0 Å². The SMILES string of the molecule is CCOc1ccc(NC(=O)CN2CCN(c3ccc(OC)cc3)C2=O)cc1. The van der Waals surface area contributed by atoms with Crippen molar-refractivity contribution in [1.29, 1.82) is 0 Å². The number of carbonyl (C=O) groups is 2. The Bertz CT molecular complexity index is 790. The van der Waals surface area contributed by atoms with Gasteiger partial charge in [0.15, 0.2) is 0 Å². The summed E-state index contributed by atoms with van der Waals surface area (Å²) in [5.74, 6) is 1.25. The Morgan fingerprint density at radius 3 is 2.33 bits per heavy atom. The molecular weight excluding hydrogens is 346 g/mol. The van der Waals surface area contributed by atoms with Crippen LogP contribution in [0.5, 0.6) is 11.5 Å². The van der Waals surface area contributed by atoms with E-state index in [9.17, 15) is 9.59 Å². The highest BCUT2D eigenvalue weighted by Crippen LogP contribution is 2.23. The van der Waals surface area contributed by atoms with Crippen LogP contribution in [0.25, 0.3) is 0 Å². The van der Waals surface area contributed by atoms with Crippen LogP contribution in [0.4, 0.5) is 16.2 Å². The minimum Gasteiger partial charge on any atom is -0.497 e. The third-order valence-electron chi connectivity index (χ3n) is 4.26. The first-order valence-corrected chi connectivity index (χ1v) is 8.84. The Kier molecular flexibility index (Phi) is 5.80. The number of carbonyl (C=O) groups excluding carboxylic acids is 2. The van der Waals surface area contributed by atoms with Crippen LogP contribution in [-0.4, -0.2) is 50.2 Å². The molecule has 27 heavy (non-hydrogen) atoms. The van der Waals surface area contributed by atoms with Crippen LogP contribution < -0.4 is 19.7 Å². The zero-order valence-corrected chi connectivity index (χ0v) is 15.5. The van der Waals surface area contributed by atoms with Crippen molar-refractivity contribution < 1.29 is 19.1 Å². The summed E-state index contributed by atoms with van der Waals surface area (Å²) in [4.78, 5) is 28.1. The number of urea groups is 1. The maximum Gasteiger partial charge on any atom is 0.325 e. The van der Waals surface area contributed by atoms with Gasteiger partial charge in [0, 0.05) is 24.5 Å². The highest BCUT2D eigenvalue weighted by atomic mass is 16.5. The normalized spacial score (nSPS) is 13.6. The smallest absolute Gasteiger partial charge is 0.325 e. The molecule has 0 unspecified atom stereocenters. The second-order valence-corrected chi connectivity index (χ2v) is 6.06. The number of hydrogen-bond donors (Lipinski definition) is 1. The van der Waals surface area contributed by atoms with Crippen LogP contribution in [-0.2, 0) is 4.79 Å². The zero-order chi connectivity index (χ0) is 19.2. The molecule has 1 aliphatic rings. The van der Waals surface area contributed by atoms with Crippen LogP contribution in [0.1, 0.15) is 6.92 Å². The molecule has 0 aromatic heterocycles. The van der Waals surface area contributed by atoms with Gasteiger partial charge in [-0.3, -0.25) is 9.69 Å². The predicted molar refractivity (Wildman–Crippen MR) is 104 cm³/mol. The van der Waals surface area contributed by atoms with Gasteiger partial charge in [-0.1, -0.05) is 0 Å². The largest absolute Gasteiger partial charge is 0.497 e. The lowest BCUT2D eigenvalue weighted by molar-refractivity contribution is -0.116. The molecule has 0 saturated carbocycles. The highest BCUT2D eigenvalue weighted by Gasteiger charge is 2.30. The zero-order valence-electron chi connectivity index (χ0n) is 15.5. The monoisotopic (exact) mass is 369 g/mol. The van der Waals surface area contributed by atoms with Crippen LogP contribution >= 0.6 is 0 Å². The Balaban J connectivity index is 1.55. The summed E-state index contributed by atoms with van der Waals surface area (Å²) >= 11 is 0. The van der Waals surface area contributed by atoms with E-state index in [0.29, 0.717) is 25.4 Å². The fourth-order valence-electron chi connectivity index (χ4n) is 2.91. The molecule has 2 aromatic carbocycles. The molecule has 1 aliphatic heterocycles. The van der Waals surface area contributed by atoms with E-state index in [2.05, 4.69) is 5.32 Å². The lowest BCUT2D eigenvalue weighted by Gasteiger charge is -2.18. The Labute approximate surface area is 158 Å². The molecule has 3 rings (SSSR count). The van der Waals surface area contributed by atoms with Crippen molar-refractivity contribution in [2.75, 3.05) is 43.6 Å². The molecule has 0 bridgehead atoms. The van der Waals surface area contributed by atoms with Gasteiger partial charge in [0.2, 0.25) is 5.91 Å². The van der Waals surface area contributed by atoms with Crippen LogP contribution in [0, 0.1) is 0 Å². The molecule has 1 saturated heterocycles. The van der Waals surface area contributed by atoms with Gasteiger partial charge in [-0.25, -0.2) is 4.79 Å². The number of ether oxygens (including phenoxy) is 2. The standard InChI is InChI=1S/C20H23N3O4/c1-3-27-18-8-4-15(5-9-18)21-19(24)14-22-12-13-23(20(22)25)16-6-10-17(26-2)11-7-16/h4-11H,3,12-14H2,1-2H3,(H,21,24). The highest BCUT2D eigenvalue weighted by molar-refractivity contribution is 5.99. The molecule has 0 spiro atoms. The number of nitrogens with zero attached hydrogens (tertiary/aromatic N) is 2. The Morgan fingerprint density at radius 2 is 1.70 bits per heavy atom. The minimum atomic E-state index is -0.232.